The minimum atomic E-state index is 0.375. The van der Waals surface area contributed by atoms with Crippen LogP contribution in [0.5, 0.6) is 6.01 Å². The van der Waals surface area contributed by atoms with E-state index in [0.717, 1.165) is 83.3 Å². The predicted octanol–water partition coefficient (Wildman–Crippen LogP) is 4.41. The Hall–Kier alpha value is -3.87. The molecule has 5 heterocycles. The highest BCUT2D eigenvalue weighted by atomic mass is 35.5. The fourth-order valence-corrected chi connectivity index (χ4v) is 6.63. The third-order valence-electron chi connectivity index (χ3n) is 8.57. The molecule has 0 spiro atoms. The molecule has 2 aromatic carbocycles. The van der Waals surface area contributed by atoms with Crippen molar-refractivity contribution >= 4 is 33.9 Å². The van der Waals surface area contributed by atoms with E-state index in [0.29, 0.717) is 37.4 Å². The average Bonchev–Trinajstić information content (AvgIpc) is 3.60. The summed E-state index contributed by atoms with van der Waals surface area (Å²) in [4.78, 5) is 21.2. The molecule has 4 aromatic rings. The fourth-order valence-electron chi connectivity index (χ4n) is 6.35. The zero-order chi connectivity index (χ0) is 27.2. The summed E-state index contributed by atoms with van der Waals surface area (Å²) >= 11 is 6.69. The summed E-state index contributed by atoms with van der Waals surface area (Å²) in [6, 6.07) is 15.4. The molecule has 3 aliphatic heterocycles. The largest absolute Gasteiger partial charge is 0.462 e. The minimum absolute atomic E-state index is 0.375. The SMILES string of the molecule is CN1CCC[C@H]1COc1nc2c(c(N3CCn4cnc(C#N)c4C3)n1)CCN(c1cccc3cccc(Cl)c13)C2. The van der Waals surface area contributed by atoms with Gasteiger partial charge in [0.2, 0.25) is 0 Å². The molecule has 204 valence electrons. The summed E-state index contributed by atoms with van der Waals surface area (Å²) in [6.07, 6.45) is 4.88. The van der Waals surface area contributed by atoms with Crippen molar-refractivity contribution in [2.45, 2.75) is 44.9 Å². The number of nitriles is 1. The van der Waals surface area contributed by atoms with Crippen molar-refractivity contribution in [2.75, 3.05) is 43.1 Å². The number of ether oxygens (including phenoxy) is 1. The summed E-state index contributed by atoms with van der Waals surface area (Å²) in [7, 11) is 2.15. The van der Waals surface area contributed by atoms with Crippen LogP contribution >= 0.6 is 11.6 Å². The molecule has 0 saturated carbocycles. The molecule has 0 radical (unpaired) electrons. The molecule has 40 heavy (non-hydrogen) atoms. The molecular weight excluding hydrogens is 524 g/mol. The summed E-state index contributed by atoms with van der Waals surface area (Å²) in [5, 5.41) is 12.5. The van der Waals surface area contributed by atoms with Crippen LogP contribution in [-0.2, 0) is 26.1 Å². The molecule has 0 aliphatic carbocycles. The smallest absolute Gasteiger partial charge is 0.318 e. The second-order valence-corrected chi connectivity index (χ2v) is 11.3. The van der Waals surface area contributed by atoms with E-state index in [2.05, 4.69) is 61.6 Å². The Morgan fingerprint density at radius 3 is 2.75 bits per heavy atom. The Labute approximate surface area is 238 Å². The topological polar surface area (TPSA) is 86.3 Å². The lowest BCUT2D eigenvalue weighted by molar-refractivity contribution is 0.187. The van der Waals surface area contributed by atoms with E-state index in [9.17, 15) is 5.26 Å². The van der Waals surface area contributed by atoms with Crippen molar-refractivity contribution in [3.8, 4) is 12.1 Å². The van der Waals surface area contributed by atoms with Crippen LogP contribution in [0.25, 0.3) is 10.8 Å². The van der Waals surface area contributed by atoms with Gasteiger partial charge >= 0.3 is 6.01 Å². The van der Waals surface area contributed by atoms with Crippen molar-refractivity contribution in [3.63, 3.8) is 0 Å². The number of halogens is 1. The van der Waals surface area contributed by atoms with E-state index in [1.54, 1.807) is 6.33 Å². The number of likely N-dealkylation sites (tertiary alicyclic amines) is 1. The van der Waals surface area contributed by atoms with Gasteiger partial charge in [-0.25, -0.2) is 4.98 Å². The van der Waals surface area contributed by atoms with Gasteiger partial charge in [-0.05, 0) is 50.4 Å². The number of nitrogens with zero attached hydrogens (tertiary/aromatic N) is 8. The van der Waals surface area contributed by atoms with Crippen LogP contribution in [0, 0.1) is 11.3 Å². The Morgan fingerprint density at radius 2 is 1.93 bits per heavy atom. The molecule has 1 saturated heterocycles. The van der Waals surface area contributed by atoms with Crippen LogP contribution in [0.2, 0.25) is 5.02 Å². The van der Waals surface area contributed by atoms with E-state index in [1.165, 1.54) is 6.42 Å². The van der Waals surface area contributed by atoms with Gasteiger partial charge in [0.05, 0.1) is 35.8 Å². The van der Waals surface area contributed by atoms with Crippen molar-refractivity contribution in [1.29, 1.82) is 5.26 Å². The summed E-state index contributed by atoms with van der Waals surface area (Å²) in [5.74, 6) is 0.909. The summed E-state index contributed by atoms with van der Waals surface area (Å²) in [5.41, 5.74) is 4.66. The Morgan fingerprint density at radius 1 is 1.05 bits per heavy atom. The van der Waals surface area contributed by atoms with Crippen LogP contribution in [0.4, 0.5) is 11.5 Å². The number of anilines is 2. The quantitative estimate of drug-likeness (QED) is 0.359. The number of hydrogen-bond acceptors (Lipinski definition) is 8. The number of fused-ring (bicyclic) bond motifs is 3. The Balaban J connectivity index is 1.25. The van der Waals surface area contributed by atoms with Crippen LogP contribution in [-0.4, -0.2) is 63.7 Å². The van der Waals surface area contributed by atoms with Gasteiger partial charge in [0.25, 0.3) is 0 Å². The minimum Gasteiger partial charge on any atom is -0.462 e. The highest BCUT2D eigenvalue weighted by molar-refractivity contribution is 6.36. The number of hydrogen-bond donors (Lipinski definition) is 0. The first-order valence-corrected chi connectivity index (χ1v) is 14.3. The van der Waals surface area contributed by atoms with Crippen molar-refractivity contribution in [3.05, 3.63) is 70.4 Å². The molecule has 10 heteroatoms. The first-order chi connectivity index (χ1) is 19.6. The number of likely N-dealkylation sites (N-methyl/N-ethyl adjacent to an activating group) is 1. The van der Waals surface area contributed by atoms with Crippen LogP contribution in [0.1, 0.15) is 35.5 Å². The zero-order valence-corrected chi connectivity index (χ0v) is 23.3. The van der Waals surface area contributed by atoms with Gasteiger partial charge in [-0.1, -0.05) is 35.9 Å². The van der Waals surface area contributed by atoms with Gasteiger partial charge in [-0.2, -0.15) is 15.2 Å². The molecule has 0 amide bonds. The lowest BCUT2D eigenvalue weighted by Gasteiger charge is -2.35. The van der Waals surface area contributed by atoms with Gasteiger partial charge in [0.1, 0.15) is 18.5 Å². The van der Waals surface area contributed by atoms with E-state index in [-0.39, 0.29) is 0 Å². The van der Waals surface area contributed by atoms with Gasteiger partial charge in [-0.3, -0.25) is 0 Å². The third-order valence-corrected chi connectivity index (χ3v) is 8.89. The summed E-state index contributed by atoms with van der Waals surface area (Å²) < 4.78 is 8.36. The molecule has 0 N–H and O–H groups in total. The van der Waals surface area contributed by atoms with Crippen LogP contribution < -0.4 is 14.5 Å². The van der Waals surface area contributed by atoms with Crippen LogP contribution in [0.15, 0.2) is 42.7 Å². The first-order valence-electron chi connectivity index (χ1n) is 13.9. The fraction of sp³-hybridized carbons (Fsp3) is 0.400. The van der Waals surface area contributed by atoms with E-state index < -0.39 is 0 Å². The molecule has 1 fully saturated rings. The molecule has 2 aromatic heterocycles. The molecule has 0 unspecified atom stereocenters. The van der Waals surface area contributed by atoms with Crippen molar-refractivity contribution in [1.82, 2.24) is 24.4 Å². The third kappa shape index (κ3) is 4.41. The normalized spacial score (nSPS) is 19.0. The van der Waals surface area contributed by atoms with Gasteiger partial charge in [0, 0.05) is 42.3 Å². The first kappa shape index (κ1) is 25.1. The Kier molecular flexibility index (Phi) is 6.45. The molecular formula is C30H31ClN8O. The van der Waals surface area contributed by atoms with Gasteiger partial charge in [0.15, 0.2) is 5.69 Å². The lowest BCUT2D eigenvalue weighted by atomic mass is 10.0. The molecule has 1 atom stereocenters. The second-order valence-electron chi connectivity index (χ2n) is 10.9. The van der Waals surface area contributed by atoms with E-state index in [4.69, 9.17) is 26.3 Å². The number of benzene rings is 2. The molecule has 9 nitrogen and oxygen atoms in total. The number of rotatable bonds is 5. The van der Waals surface area contributed by atoms with Crippen molar-refractivity contribution < 1.29 is 4.74 Å². The maximum Gasteiger partial charge on any atom is 0.318 e. The summed E-state index contributed by atoms with van der Waals surface area (Å²) in [6.45, 7) is 5.26. The zero-order valence-electron chi connectivity index (χ0n) is 22.6. The molecule has 0 bridgehead atoms. The average molecular weight is 555 g/mol. The van der Waals surface area contributed by atoms with Gasteiger partial charge < -0.3 is 24.0 Å². The maximum atomic E-state index is 9.59. The predicted molar refractivity (Wildman–Crippen MR) is 155 cm³/mol. The molecule has 3 aliphatic rings. The molecule has 7 rings (SSSR count). The van der Waals surface area contributed by atoms with E-state index >= 15 is 0 Å². The second kappa shape index (κ2) is 10.3. The monoisotopic (exact) mass is 554 g/mol. The number of aromatic nitrogens is 4. The highest BCUT2D eigenvalue weighted by Gasteiger charge is 2.30. The highest BCUT2D eigenvalue weighted by Crippen LogP contribution is 2.37. The standard InChI is InChI=1S/C30H31ClN8O/c1-36-11-4-7-21(36)18-40-30-34-25-16-37(26-9-3-6-20-5-2-8-23(31)28(20)26)12-10-22(25)29(35-30)38-13-14-39-19-33-24(15-32)27(39)17-38/h2-3,5-6,8-9,19,21H,4,7,10-14,16-18H2,1H3/t21-/m0/s1. The lowest BCUT2D eigenvalue weighted by Crippen LogP contribution is -2.38. The van der Waals surface area contributed by atoms with E-state index in [1.807, 2.05) is 12.1 Å². The van der Waals surface area contributed by atoms with Crippen molar-refractivity contribution in [2.24, 2.45) is 0 Å². The number of imidazole rings is 1. The van der Waals surface area contributed by atoms with Gasteiger partial charge in [-0.15, -0.1) is 0 Å². The van der Waals surface area contributed by atoms with Crippen LogP contribution in [0.3, 0.4) is 0 Å². The Bertz CT molecular complexity index is 1620. The maximum absolute atomic E-state index is 9.59.